The molecule has 0 spiro atoms. The fourth-order valence-corrected chi connectivity index (χ4v) is 2.36. The fraction of sp³-hybridized carbons (Fsp3) is 0.333. The van der Waals surface area contributed by atoms with Crippen molar-refractivity contribution >= 4 is 17.6 Å². The van der Waals surface area contributed by atoms with Crippen LogP contribution in [0.15, 0.2) is 24.5 Å². The summed E-state index contributed by atoms with van der Waals surface area (Å²) in [6.45, 7) is 4.36. The zero-order valence-corrected chi connectivity index (χ0v) is 13.0. The number of rotatable bonds is 4. The normalized spacial score (nSPS) is 12.2. The molecule has 0 fully saturated rings. The molecule has 0 aromatic carbocycles. The van der Waals surface area contributed by atoms with Crippen molar-refractivity contribution in [2.24, 2.45) is 5.73 Å². The number of methoxy groups -OCH3 is 1. The molecule has 0 unspecified atom stereocenters. The second kappa shape index (κ2) is 6.28. The van der Waals surface area contributed by atoms with E-state index in [1.54, 1.807) is 22.9 Å². The number of carbonyl (C=O) groups is 1. The maximum atomic E-state index is 11.9. The molecule has 0 amide bonds. The Morgan fingerprint density at radius 2 is 2.24 bits per heavy atom. The molecule has 1 atom stereocenters. The number of nitrogens with two attached hydrogens (primary N) is 1. The molecule has 2 heterocycles. The molecule has 0 aliphatic heterocycles. The fourth-order valence-electron chi connectivity index (χ4n) is 2.20. The summed E-state index contributed by atoms with van der Waals surface area (Å²) in [5, 5.41) is 0.412. The second-order valence-electron chi connectivity index (χ2n) is 5.06. The number of hydrogen-bond acceptors (Lipinski definition) is 4. The zero-order chi connectivity index (χ0) is 15.6. The van der Waals surface area contributed by atoms with Crippen LogP contribution in [-0.2, 0) is 11.3 Å². The van der Waals surface area contributed by atoms with Gasteiger partial charge in [-0.3, -0.25) is 0 Å². The SMILES string of the molecule is COC(=O)c1cc(-c2cc(Cl)ncc2C)cn1C[C@H](C)N. The van der Waals surface area contributed by atoms with Gasteiger partial charge in [0.2, 0.25) is 0 Å². The summed E-state index contributed by atoms with van der Waals surface area (Å²) in [5.74, 6) is -0.389. The van der Waals surface area contributed by atoms with E-state index in [9.17, 15) is 4.79 Å². The summed E-state index contributed by atoms with van der Waals surface area (Å²) < 4.78 is 6.63. The van der Waals surface area contributed by atoms with Crippen molar-refractivity contribution in [1.82, 2.24) is 9.55 Å². The van der Waals surface area contributed by atoms with Gasteiger partial charge in [0.05, 0.1) is 7.11 Å². The van der Waals surface area contributed by atoms with Crippen LogP contribution in [0.5, 0.6) is 0 Å². The Kier molecular flexibility index (Phi) is 4.65. The van der Waals surface area contributed by atoms with E-state index in [1.165, 1.54) is 7.11 Å². The summed E-state index contributed by atoms with van der Waals surface area (Å²) in [7, 11) is 1.36. The van der Waals surface area contributed by atoms with Crippen molar-refractivity contribution in [1.29, 1.82) is 0 Å². The number of aromatic nitrogens is 2. The number of esters is 1. The van der Waals surface area contributed by atoms with E-state index in [-0.39, 0.29) is 12.0 Å². The Morgan fingerprint density at radius 1 is 1.52 bits per heavy atom. The van der Waals surface area contributed by atoms with Gasteiger partial charge in [-0.1, -0.05) is 11.6 Å². The van der Waals surface area contributed by atoms with E-state index in [0.29, 0.717) is 17.4 Å². The van der Waals surface area contributed by atoms with Gasteiger partial charge in [0, 0.05) is 30.5 Å². The number of hydrogen-bond donors (Lipinski definition) is 1. The Morgan fingerprint density at radius 3 is 2.86 bits per heavy atom. The average molecular weight is 308 g/mol. The van der Waals surface area contributed by atoms with Crippen LogP contribution in [0.25, 0.3) is 11.1 Å². The molecule has 2 N–H and O–H groups in total. The number of aryl methyl sites for hydroxylation is 1. The molecule has 2 rings (SSSR count). The van der Waals surface area contributed by atoms with Crippen LogP contribution in [0.3, 0.4) is 0 Å². The van der Waals surface area contributed by atoms with Crippen LogP contribution in [0.1, 0.15) is 23.0 Å². The van der Waals surface area contributed by atoms with E-state index in [0.717, 1.165) is 16.7 Å². The molecule has 0 bridgehead atoms. The lowest BCUT2D eigenvalue weighted by Crippen LogP contribution is -2.24. The van der Waals surface area contributed by atoms with Crippen LogP contribution in [-0.4, -0.2) is 28.7 Å². The van der Waals surface area contributed by atoms with Crippen LogP contribution in [0.2, 0.25) is 5.15 Å². The molecular weight excluding hydrogens is 290 g/mol. The molecule has 6 heteroatoms. The molecule has 0 saturated heterocycles. The standard InChI is InChI=1S/C15H18ClN3O2/c1-9-6-18-14(16)5-12(9)11-4-13(15(20)21-3)19(8-11)7-10(2)17/h4-6,8,10H,7,17H2,1-3H3/t10-/m0/s1. The van der Waals surface area contributed by atoms with E-state index < -0.39 is 0 Å². The van der Waals surface area contributed by atoms with Crippen LogP contribution in [0.4, 0.5) is 0 Å². The van der Waals surface area contributed by atoms with Crippen LogP contribution in [0, 0.1) is 6.92 Å². The highest BCUT2D eigenvalue weighted by Crippen LogP contribution is 2.27. The lowest BCUT2D eigenvalue weighted by atomic mass is 10.1. The van der Waals surface area contributed by atoms with Crippen molar-refractivity contribution in [3.63, 3.8) is 0 Å². The Balaban J connectivity index is 2.52. The monoisotopic (exact) mass is 307 g/mol. The lowest BCUT2D eigenvalue weighted by Gasteiger charge is -2.09. The summed E-state index contributed by atoms with van der Waals surface area (Å²) in [6, 6.07) is 3.49. The lowest BCUT2D eigenvalue weighted by molar-refractivity contribution is 0.0588. The predicted octanol–water partition coefficient (Wildman–Crippen LogP) is 2.65. The minimum Gasteiger partial charge on any atom is -0.464 e. The Bertz CT molecular complexity index is 665. The molecule has 0 saturated carbocycles. The van der Waals surface area contributed by atoms with Gasteiger partial charge in [0.15, 0.2) is 0 Å². The van der Waals surface area contributed by atoms with Gasteiger partial charge < -0.3 is 15.0 Å². The summed E-state index contributed by atoms with van der Waals surface area (Å²) in [5.41, 5.74) is 9.10. The third-order valence-electron chi connectivity index (χ3n) is 3.16. The van der Waals surface area contributed by atoms with Crippen molar-refractivity contribution in [3.8, 4) is 11.1 Å². The van der Waals surface area contributed by atoms with Gasteiger partial charge in [-0.2, -0.15) is 0 Å². The van der Waals surface area contributed by atoms with Gasteiger partial charge in [0.1, 0.15) is 10.8 Å². The molecule has 0 aliphatic rings. The maximum absolute atomic E-state index is 11.9. The first-order valence-electron chi connectivity index (χ1n) is 6.59. The minimum atomic E-state index is -0.389. The molecule has 21 heavy (non-hydrogen) atoms. The van der Waals surface area contributed by atoms with E-state index >= 15 is 0 Å². The first-order valence-corrected chi connectivity index (χ1v) is 6.96. The van der Waals surface area contributed by atoms with E-state index in [1.807, 2.05) is 20.0 Å². The third-order valence-corrected chi connectivity index (χ3v) is 3.36. The molecule has 2 aromatic heterocycles. The van der Waals surface area contributed by atoms with Gasteiger partial charge >= 0.3 is 5.97 Å². The van der Waals surface area contributed by atoms with E-state index in [2.05, 4.69) is 4.98 Å². The third kappa shape index (κ3) is 3.43. The first-order chi connectivity index (χ1) is 9.92. The summed E-state index contributed by atoms with van der Waals surface area (Å²) >= 11 is 5.96. The van der Waals surface area contributed by atoms with Crippen molar-refractivity contribution in [3.05, 3.63) is 40.9 Å². The topological polar surface area (TPSA) is 70.1 Å². The highest BCUT2D eigenvalue weighted by atomic mass is 35.5. The second-order valence-corrected chi connectivity index (χ2v) is 5.44. The van der Waals surface area contributed by atoms with Crippen molar-refractivity contribution in [2.75, 3.05) is 7.11 Å². The molecular formula is C15H18ClN3O2. The van der Waals surface area contributed by atoms with Crippen molar-refractivity contribution in [2.45, 2.75) is 26.4 Å². The predicted molar refractivity (Wildman–Crippen MR) is 82.4 cm³/mol. The smallest absolute Gasteiger partial charge is 0.354 e. The summed E-state index contributed by atoms with van der Waals surface area (Å²) in [6.07, 6.45) is 3.59. The van der Waals surface area contributed by atoms with Gasteiger partial charge in [-0.15, -0.1) is 0 Å². The van der Waals surface area contributed by atoms with Gasteiger partial charge in [-0.25, -0.2) is 9.78 Å². The molecule has 0 aliphatic carbocycles. The number of halogens is 1. The Hall–Kier alpha value is -1.85. The number of nitrogens with zero attached hydrogens (tertiary/aromatic N) is 2. The van der Waals surface area contributed by atoms with Crippen molar-refractivity contribution < 1.29 is 9.53 Å². The Labute approximate surface area is 128 Å². The zero-order valence-electron chi connectivity index (χ0n) is 12.3. The van der Waals surface area contributed by atoms with Gasteiger partial charge in [0.25, 0.3) is 0 Å². The largest absolute Gasteiger partial charge is 0.464 e. The molecule has 112 valence electrons. The number of pyridine rings is 1. The number of carbonyl (C=O) groups excluding carboxylic acids is 1. The van der Waals surface area contributed by atoms with Gasteiger partial charge in [-0.05, 0) is 37.1 Å². The highest BCUT2D eigenvalue weighted by Gasteiger charge is 2.17. The maximum Gasteiger partial charge on any atom is 0.354 e. The highest BCUT2D eigenvalue weighted by molar-refractivity contribution is 6.29. The first kappa shape index (κ1) is 15.5. The molecule has 0 radical (unpaired) electrons. The average Bonchev–Trinajstić information content (AvgIpc) is 2.83. The molecule has 2 aromatic rings. The van der Waals surface area contributed by atoms with Crippen LogP contribution < -0.4 is 5.73 Å². The molecule has 5 nitrogen and oxygen atoms in total. The van der Waals surface area contributed by atoms with E-state index in [4.69, 9.17) is 22.1 Å². The number of ether oxygens (including phenoxy) is 1. The van der Waals surface area contributed by atoms with Crippen LogP contribution >= 0.6 is 11.6 Å². The minimum absolute atomic E-state index is 0.0734. The summed E-state index contributed by atoms with van der Waals surface area (Å²) in [4.78, 5) is 15.9. The quantitative estimate of drug-likeness (QED) is 0.696.